The minimum Gasteiger partial charge on any atom is -0.378 e. The van der Waals surface area contributed by atoms with Crippen molar-refractivity contribution in [3.8, 4) is 0 Å². The lowest BCUT2D eigenvalue weighted by Crippen LogP contribution is -2.05. The first-order valence-electron chi connectivity index (χ1n) is 6.08. The molecule has 0 atom stereocenters. The van der Waals surface area contributed by atoms with Gasteiger partial charge in [0.1, 0.15) is 6.67 Å². The lowest BCUT2D eigenvalue weighted by molar-refractivity contribution is 0.423. The van der Waals surface area contributed by atoms with Crippen LogP contribution in [0.2, 0.25) is 0 Å². The smallest absolute Gasteiger partial charge is 0.109 e. The van der Waals surface area contributed by atoms with Gasteiger partial charge < -0.3 is 5.32 Å². The Labute approximate surface area is 118 Å². The SMILES string of the molecule is CCn1cc(CNc2cnn(CCF)c2C)cn1.Cl. The Bertz CT molecular complexity index is 508. The third kappa shape index (κ3) is 3.70. The molecule has 0 aliphatic rings. The van der Waals surface area contributed by atoms with Gasteiger partial charge in [-0.25, -0.2) is 4.39 Å². The molecule has 5 nitrogen and oxygen atoms in total. The van der Waals surface area contributed by atoms with Gasteiger partial charge in [-0.3, -0.25) is 9.36 Å². The molecule has 106 valence electrons. The molecule has 2 rings (SSSR count). The predicted octanol–water partition coefficient (Wildman–Crippen LogP) is 2.41. The molecule has 0 amide bonds. The van der Waals surface area contributed by atoms with Crippen LogP contribution in [0.5, 0.6) is 0 Å². The molecule has 0 saturated heterocycles. The van der Waals surface area contributed by atoms with Crippen molar-refractivity contribution in [3.05, 3.63) is 29.8 Å². The fourth-order valence-corrected chi connectivity index (χ4v) is 1.79. The summed E-state index contributed by atoms with van der Waals surface area (Å²) in [5.41, 5.74) is 3.01. The number of hydrogen-bond donors (Lipinski definition) is 1. The second kappa shape index (κ2) is 7.13. The van der Waals surface area contributed by atoms with Crippen LogP contribution >= 0.6 is 12.4 Å². The van der Waals surface area contributed by atoms with Crippen LogP contribution in [0.1, 0.15) is 18.2 Å². The normalized spacial score (nSPS) is 10.3. The van der Waals surface area contributed by atoms with Crippen molar-refractivity contribution in [1.82, 2.24) is 19.6 Å². The fourth-order valence-electron chi connectivity index (χ4n) is 1.79. The van der Waals surface area contributed by atoms with Crippen LogP contribution in [0.15, 0.2) is 18.6 Å². The number of halogens is 2. The molecular weight excluding hydrogens is 269 g/mol. The average Bonchev–Trinajstić information content (AvgIpc) is 2.96. The van der Waals surface area contributed by atoms with Crippen molar-refractivity contribution in [2.45, 2.75) is 33.5 Å². The second-order valence-corrected chi connectivity index (χ2v) is 4.11. The zero-order valence-electron chi connectivity index (χ0n) is 11.1. The number of nitrogens with zero attached hydrogens (tertiary/aromatic N) is 4. The van der Waals surface area contributed by atoms with E-state index < -0.39 is 6.67 Å². The summed E-state index contributed by atoms with van der Waals surface area (Å²) >= 11 is 0. The molecule has 0 bridgehead atoms. The van der Waals surface area contributed by atoms with Gasteiger partial charge in [0.2, 0.25) is 0 Å². The molecule has 0 spiro atoms. The molecule has 0 fully saturated rings. The first-order valence-corrected chi connectivity index (χ1v) is 6.08. The minimum atomic E-state index is -0.398. The number of alkyl halides is 1. The molecule has 0 radical (unpaired) electrons. The van der Waals surface area contributed by atoms with E-state index in [0.717, 1.165) is 23.5 Å². The molecule has 0 saturated carbocycles. The molecular formula is C12H19ClFN5. The van der Waals surface area contributed by atoms with Crippen molar-refractivity contribution >= 4 is 18.1 Å². The highest BCUT2D eigenvalue weighted by Gasteiger charge is 2.06. The summed E-state index contributed by atoms with van der Waals surface area (Å²) in [5, 5.41) is 11.6. The minimum absolute atomic E-state index is 0. The number of hydrogen-bond acceptors (Lipinski definition) is 3. The van der Waals surface area contributed by atoms with Crippen molar-refractivity contribution in [2.75, 3.05) is 12.0 Å². The van der Waals surface area contributed by atoms with Crippen LogP contribution in [0.3, 0.4) is 0 Å². The average molecular weight is 288 g/mol. The molecule has 7 heteroatoms. The molecule has 0 aliphatic carbocycles. The lowest BCUT2D eigenvalue weighted by atomic mass is 10.3. The molecule has 19 heavy (non-hydrogen) atoms. The van der Waals surface area contributed by atoms with Gasteiger partial charge in [0.15, 0.2) is 0 Å². The summed E-state index contributed by atoms with van der Waals surface area (Å²) in [6, 6.07) is 0. The summed E-state index contributed by atoms with van der Waals surface area (Å²) < 4.78 is 15.8. The largest absolute Gasteiger partial charge is 0.378 e. The Kier molecular flexibility index (Phi) is 5.82. The maximum atomic E-state index is 12.3. The zero-order valence-corrected chi connectivity index (χ0v) is 12.0. The van der Waals surface area contributed by atoms with Crippen LogP contribution in [0, 0.1) is 6.92 Å². The van der Waals surface area contributed by atoms with Gasteiger partial charge >= 0.3 is 0 Å². The van der Waals surface area contributed by atoms with Crippen LogP contribution in [0.25, 0.3) is 0 Å². The summed E-state index contributed by atoms with van der Waals surface area (Å²) in [4.78, 5) is 0. The highest BCUT2D eigenvalue weighted by Crippen LogP contribution is 2.14. The summed E-state index contributed by atoms with van der Waals surface area (Å²) in [6.07, 6.45) is 5.58. The van der Waals surface area contributed by atoms with E-state index in [2.05, 4.69) is 22.4 Å². The van der Waals surface area contributed by atoms with E-state index in [1.54, 1.807) is 10.9 Å². The maximum absolute atomic E-state index is 12.3. The molecule has 2 aromatic heterocycles. The van der Waals surface area contributed by atoms with Crippen LogP contribution < -0.4 is 5.32 Å². The lowest BCUT2D eigenvalue weighted by Gasteiger charge is -2.05. The van der Waals surface area contributed by atoms with Crippen molar-refractivity contribution < 1.29 is 4.39 Å². The summed E-state index contributed by atoms with van der Waals surface area (Å²) in [5.74, 6) is 0. The van der Waals surface area contributed by atoms with E-state index in [9.17, 15) is 4.39 Å². The number of rotatable bonds is 6. The molecule has 1 N–H and O–H groups in total. The third-order valence-corrected chi connectivity index (χ3v) is 2.89. The highest BCUT2D eigenvalue weighted by molar-refractivity contribution is 5.85. The van der Waals surface area contributed by atoms with Crippen molar-refractivity contribution in [2.24, 2.45) is 0 Å². The summed E-state index contributed by atoms with van der Waals surface area (Å²) in [7, 11) is 0. The van der Waals surface area contributed by atoms with Gasteiger partial charge in [-0.2, -0.15) is 10.2 Å². The Balaban J connectivity index is 0.00000180. The van der Waals surface area contributed by atoms with Crippen LogP contribution in [-0.4, -0.2) is 26.2 Å². The van der Waals surface area contributed by atoms with Crippen molar-refractivity contribution in [1.29, 1.82) is 0 Å². The maximum Gasteiger partial charge on any atom is 0.109 e. The van der Waals surface area contributed by atoms with E-state index in [0.29, 0.717) is 13.1 Å². The Morgan fingerprint density at radius 2 is 2.11 bits per heavy atom. The van der Waals surface area contributed by atoms with Gasteiger partial charge in [-0.15, -0.1) is 12.4 Å². The van der Waals surface area contributed by atoms with Crippen molar-refractivity contribution in [3.63, 3.8) is 0 Å². The Morgan fingerprint density at radius 1 is 1.32 bits per heavy atom. The van der Waals surface area contributed by atoms with E-state index >= 15 is 0 Å². The van der Waals surface area contributed by atoms with E-state index in [1.165, 1.54) is 0 Å². The van der Waals surface area contributed by atoms with Gasteiger partial charge in [-0.1, -0.05) is 0 Å². The van der Waals surface area contributed by atoms with Crippen LogP contribution in [-0.2, 0) is 19.6 Å². The van der Waals surface area contributed by atoms with Gasteiger partial charge in [0, 0.05) is 24.8 Å². The number of nitrogens with one attached hydrogen (secondary N) is 1. The monoisotopic (exact) mass is 287 g/mol. The molecule has 0 aliphatic heterocycles. The second-order valence-electron chi connectivity index (χ2n) is 4.11. The van der Waals surface area contributed by atoms with E-state index in [4.69, 9.17) is 0 Å². The number of aromatic nitrogens is 4. The van der Waals surface area contributed by atoms with E-state index in [-0.39, 0.29) is 12.4 Å². The first-order chi connectivity index (χ1) is 8.74. The van der Waals surface area contributed by atoms with E-state index in [1.807, 2.05) is 24.0 Å². The molecule has 2 heterocycles. The molecule has 2 aromatic rings. The Morgan fingerprint density at radius 3 is 2.74 bits per heavy atom. The topological polar surface area (TPSA) is 47.7 Å². The quantitative estimate of drug-likeness (QED) is 0.887. The highest BCUT2D eigenvalue weighted by atomic mass is 35.5. The van der Waals surface area contributed by atoms with Crippen LogP contribution in [0.4, 0.5) is 10.1 Å². The number of anilines is 1. The molecule has 0 unspecified atom stereocenters. The third-order valence-electron chi connectivity index (χ3n) is 2.89. The van der Waals surface area contributed by atoms with Gasteiger partial charge in [-0.05, 0) is 13.8 Å². The summed E-state index contributed by atoms with van der Waals surface area (Å²) in [6.45, 7) is 5.46. The fraction of sp³-hybridized carbons (Fsp3) is 0.500. The van der Waals surface area contributed by atoms with Gasteiger partial charge in [0.05, 0.1) is 30.3 Å². The Hall–Kier alpha value is -1.56. The van der Waals surface area contributed by atoms with Gasteiger partial charge in [0.25, 0.3) is 0 Å². The standard InChI is InChI=1S/C12H18FN5.ClH/c1-3-17-9-11(7-15-17)6-14-12-8-16-18(5-4-13)10(12)2;/h7-9,14H,3-6H2,1-2H3;1H. The molecule has 0 aromatic carbocycles. The predicted molar refractivity (Wildman–Crippen MR) is 75.4 cm³/mol. The zero-order chi connectivity index (χ0) is 13.0. The first kappa shape index (κ1) is 15.5. The number of aryl methyl sites for hydroxylation is 2.